The van der Waals surface area contributed by atoms with Crippen LogP contribution in [-0.4, -0.2) is 89.8 Å². The van der Waals surface area contributed by atoms with Crippen LogP contribution in [0.2, 0.25) is 0 Å². The van der Waals surface area contributed by atoms with Crippen LogP contribution in [-0.2, 0) is 17.8 Å². The Morgan fingerprint density at radius 1 is 1.15 bits per heavy atom. The Morgan fingerprint density at radius 3 is 2.64 bits per heavy atom. The lowest BCUT2D eigenvalue weighted by Crippen LogP contribution is -2.55. The Bertz CT molecular complexity index is 1660. The second-order valence-electron chi connectivity index (χ2n) is 12.6. The van der Waals surface area contributed by atoms with Gasteiger partial charge in [-0.3, -0.25) is 9.69 Å². The lowest BCUT2D eigenvalue weighted by Gasteiger charge is -2.42. The number of anilines is 2. The number of fused-ring (bicyclic) bond motifs is 2. The number of halogens is 3. The van der Waals surface area contributed by atoms with Crippen molar-refractivity contribution in [2.75, 3.05) is 55.7 Å². The molecule has 12 heteroatoms. The molecule has 2 fully saturated rings. The Labute approximate surface area is 273 Å². The largest absolute Gasteiger partial charge is 0.462 e. The van der Waals surface area contributed by atoms with E-state index in [0.717, 1.165) is 48.1 Å². The van der Waals surface area contributed by atoms with Crippen molar-refractivity contribution in [2.24, 2.45) is 0 Å². The first-order chi connectivity index (χ1) is 22.6. The number of benzene rings is 2. The molecule has 0 spiro atoms. The highest BCUT2D eigenvalue weighted by atomic mass is 19.4. The van der Waals surface area contributed by atoms with Gasteiger partial charge in [-0.1, -0.05) is 43.3 Å². The number of ether oxygens (including phenoxy) is 1. The average Bonchev–Trinajstić information content (AvgIpc) is 3.02. The SMILES string of the molecule is C=CC(=O)N1CCN(c2nc(OCCN(CC(F)(F)F)C3CCC3)nc3c2CCN(c2cccc4cccc(C)c24)C3)C[C@@H]1CC#N. The van der Waals surface area contributed by atoms with Crippen molar-refractivity contribution >= 4 is 28.2 Å². The molecule has 0 radical (unpaired) electrons. The first kappa shape index (κ1) is 32.6. The molecule has 9 nitrogen and oxygen atoms in total. The summed E-state index contributed by atoms with van der Waals surface area (Å²) in [5.41, 5.74) is 4.08. The van der Waals surface area contributed by atoms with E-state index in [1.165, 1.54) is 21.9 Å². The molecule has 2 aromatic carbocycles. The zero-order valence-corrected chi connectivity index (χ0v) is 26.7. The molecule has 3 aliphatic rings. The van der Waals surface area contributed by atoms with Crippen LogP contribution in [0.5, 0.6) is 6.01 Å². The predicted molar refractivity (Wildman–Crippen MR) is 174 cm³/mol. The monoisotopic (exact) mass is 647 g/mol. The molecular weight excluding hydrogens is 607 g/mol. The molecule has 1 aliphatic carbocycles. The summed E-state index contributed by atoms with van der Waals surface area (Å²) in [6.07, 6.45) is 0.256. The summed E-state index contributed by atoms with van der Waals surface area (Å²) in [7, 11) is 0. The van der Waals surface area contributed by atoms with Crippen molar-refractivity contribution in [2.45, 2.75) is 63.8 Å². The van der Waals surface area contributed by atoms with Gasteiger partial charge in [0.1, 0.15) is 12.4 Å². The van der Waals surface area contributed by atoms with Gasteiger partial charge in [0, 0.05) is 55.4 Å². The van der Waals surface area contributed by atoms with Crippen LogP contribution in [0.1, 0.15) is 42.5 Å². The number of piperazine rings is 1. The maximum atomic E-state index is 13.3. The quantitative estimate of drug-likeness (QED) is 0.270. The lowest BCUT2D eigenvalue weighted by molar-refractivity contribution is -0.155. The maximum Gasteiger partial charge on any atom is 0.401 e. The second kappa shape index (κ2) is 13.8. The number of aryl methyl sites for hydroxylation is 1. The molecule has 1 saturated carbocycles. The van der Waals surface area contributed by atoms with E-state index >= 15 is 0 Å². The normalized spacial score (nSPS) is 18.6. The van der Waals surface area contributed by atoms with Gasteiger partial charge in [-0.15, -0.1) is 0 Å². The topological polar surface area (TPSA) is 88.8 Å². The molecule has 1 atom stereocenters. The Morgan fingerprint density at radius 2 is 1.94 bits per heavy atom. The van der Waals surface area contributed by atoms with Crippen LogP contribution in [0.4, 0.5) is 24.7 Å². The molecule has 47 heavy (non-hydrogen) atoms. The van der Waals surface area contributed by atoms with Crippen molar-refractivity contribution in [3.8, 4) is 12.1 Å². The van der Waals surface area contributed by atoms with Crippen LogP contribution in [0.3, 0.4) is 0 Å². The van der Waals surface area contributed by atoms with Crippen LogP contribution in [0.25, 0.3) is 10.8 Å². The van der Waals surface area contributed by atoms with E-state index in [9.17, 15) is 23.2 Å². The highest BCUT2D eigenvalue weighted by Crippen LogP contribution is 2.36. The molecule has 1 aromatic heterocycles. The fraction of sp³-hybridized carbons (Fsp3) is 0.486. The number of alkyl halides is 3. The van der Waals surface area contributed by atoms with E-state index < -0.39 is 12.7 Å². The summed E-state index contributed by atoms with van der Waals surface area (Å²) < 4.78 is 46.1. The van der Waals surface area contributed by atoms with Gasteiger partial charge in [0.15, 0.2) is 0 Å². The smallest absolute Gasteiger partial charge is 0.401 e. The second-order valence-corrected chi connectivity index (χ2v) is 12.6. The Hall–Kier alpha value is -4.37. The van der Waals surface area contributed by atoms with Crippen LogP contribution >= 0.6 is 0 Å². The Kier molecular flexibility index (Phi) is 9.55. The first-order valence-corrected chi connectivity index (χ1v) is 16.3. The minimum Gasteiger partial charge on any atom is -0.462 e. The fourth-order valence-electron chi connectivity index (χ4n) is 7.05. The van der Waals surface area contributed by atoms with Gasteiger partial charge in [-0.2, -0.15) is 28.4 Å². The molecule has 0 N–H and O–H groups in total. The van der Waals surface area contributed by atoms with E-state index in [0.29, 0.717) is 38.4 Å². The molecule has 1 amide bonds. The Balaban J connectivity index is 1.30. The third-order valence-corrected chi connectivity index (χ3v) is 9.60. The molecule has 0 bridgehead atoms. The van der Waals surface area contributed by atoms with Crippen molar-refractivity contribution in [1.29, 1.82) is 5.26 Å². The summed E-state index contributed by atoms with van der Waals surface area (Å²) in [6.45, 7) is 7.45. The van der Waals surface area contributed by atoms with Crippen LogP contribution in [0.15, 0.2) is 49.1 Å². The number of amides is 1. The lowest BCUT2D eigenvalue weighted by atomic mass is 9.91. The number of nitriles is 1. The summed E-state index contributed by atoms with van der Waals surface area (Å²) >= 11 is 0. The number of hydrogen-bond acceptors (Lipinski definition) is 8. The van der Waals surface area contributed by atoms with Gasteiger partial charge in [-0.05, 0) is 49.3 Å². The predicted octanol–water partition coefficient (Wildman–Crippen LogP) is 5.41. The first-order valence-electron chi connectivity index (χ1n) is 16.3. The van der Waals surface area contributed by atoms with E-state index in [2.05, 4.69) is 65.8 Å². The van der Waals surface area contributed by atoms with Gasteiger partial charge >= 0.3 is 12.2 Å². The van der Waals surface area contributed by atoms with E-state index in [-0.39, 0.29) is 43.6 Å². The number of nitrogens with zero attached hydrogens (tertiary/aromatic N) is 7. The van der Waals surface area contributed by atoms with Gasteiger partial charge in [-0.25, -0.2) is 0 Å². The molecule has 0 unspecified atom stereocenters. The zero-order valence-electron chi connectivity index (χ0n) is 26.7. The van der Waals surface area contributed by atoms with Crippen molar-refractivity contribution in [3.05, 3.63) is 65.9 Å². The number of rotatable bonds is 10. The standard InChI is InChI=1S/C35H40F3N7O2/c1-3-31(46)45-18-17-43(21-27(45)13-15-39)33-28-14-16-42(30-12-5-9-25-8-4-7-24(2)32(25)30)22-29(28)40-34(41-33)47-20-19-44(23-35(36,37)38)26-10-6-11-26/h3-5,7-9,12,26-27H,1,6,10-11,13-14,16-23H2,2H3/t27-/m0/s1. The minimum absolute atomic E-state index is 0.0235. The molecular formula is C35H40F3N7O2. The number of aromatic nitrogens is 2. The van der Waals surface area contributed by atoms with Crippen molar-refractivity contribution < 1.29 is 22.7 Å². The van der Waals surface area contributed by atoms with Gasteiger partial charge in [0.05, 0.1) is 37.3 Å². The highest BCUT2D eigenvalue weighted by Gasteiger charge is 2.36. The van der Waals surface area contributed by atoms with Crippen molar-refractivity contribution in [3.63, 3.8) is 0 Å². The molecule has 248 valence electrons. The number of hydrogen-bond donors (Lipinski definition) is 0. The van der Waals surface area contributed by atoms with Gasteiger partial charge in [0.2, 0.25) is 5.91 Å². The third-order valence-electron chi connectivity index (χ3n) is 9.60. The molecule has 1 saturated heterocycles. The summed E-state index contributed by atoms with van der Waals surface area (Å²) in [6, 6.07) is 14.4. The molecule has 3 heterocycles. The van der Waals surface area contributed by atoms with Gasteiger partial charge in [0.25, 0.3) is 0 Å². The number of carbonyl (C=O) groups is 1. The molecule has 3 aromatic rings. The highest BCUT2D eigenvalue weighted by molar-refractivity contribution is 5.97. The average molecular weight is 648 g/mol. The summed E-state index contributed by atoms with van der Waals surface area (Å²) in [4.78, 5) is 29.8. The van der Waals surface area contributed by atoms with Crippen LogP contribution in [0, 0.1) is 18.3 Å². The zero-order chi connectivity index (χ0) is 33.1. The minimum atomic E-state index is -4.29. The van der Waals surface area contributed by atoms with E-state index in [4.69, 9.17) is 14.7 Å². The van der Waals surface area contributed by atoms with Crippen molar-refractivity contribution in [1.82, 2.24) is 19.8 Å². The van der Waals surface area contributed by atoms with E-state index in [1.807, 2.05) is 0 Å². The number of carbonyl (C=O) groups excluding carboxylic acids is 1. The fourth-order valence-corrected chi connectivity index (χ4v) is 7.05. The van der Waals surface area contributed by atoms with Gasteiger partial charge < -0.3 is 19.4 Å². The third kappa shape index (κ3) is 7.15. The molecule has 2 aliphatic heterocycles. The summed E-state index contributed by atoms with van der Waals surface area (Å²) in [5, 5.41) is 11.9. The molecule has 6 rings (SSSR count). The maximum absolute atomic E-state index is 13.3. The van der Waals surface area contributed by atoms with Crippen LogP contribution < -0.4 is 14.5 Å². The summed E-state index contributed by atoms with van der Waals surface area (Å²) in [5.74, 6) is 0.480. The van der Waals surface area contributed by atoms with E-state index in [1.54, 1.807) is 4.90 Å².